The van der Waals surface area contributed by atoms with Gasteiger partial charge in [-0.1, -0.05) is 24.3 Å². The first-order valence-corrected chi connectivity index (χ1v) is 10.6. The molecule has 0 amide bonds. The van der Waals surface area contributed by atoms with Crippen LogP contribution in [-0.2, 0) is 27.7 Å². The molecule has 2 N–H and O–H groups in total. The number of nitrogens with one attached hydrogen (secondary N) is 1. The highest BCUT2D eigenvalue weighted by molar-refractivity contribution is 7.98. The van der Waals surface area contributed by atoms with Gasteiger partial charge in [-0.15, -0.1) is 0 Å². The second-order valence-corrected chi connectivity index (χ2v) is 8.52. The van der Waals surface area contributed by atoms with Gasteiger partial charge in [-0.2, -0.15) is 16.5 Å². The summed E-state index contributed by atoms with van der Waals surface area (Å²) in [5.41, 5.74) is 2.30. The van der Waals surface area contributed by atoms with E-state index in [1.807, 2.05) is 24.5 Å². The zero-order valence-corrected chi connectivity index (χ0v) is 14.9. The molecule has 0 aliphatic heterocycles. The van der Waals surface area contributed by atoms with Crippen LogP contribution in [0.1, 0.15) is 17.5 Å². The van der Waals surface area contributed by atoms with Crippen LogP contribution in [0.5, 0.6) is 0 Å². The van der Waals surface area contributed by atoms with E-state index in [-0.39, 0.29) is 11.3 Å². The zero-order valence-electron chi connectivity index (χ0n) is 13.3. The quantitative estimate of drug-likeness (QED) is 0.787. The van der Waals surface area contributed by atoms with E-state index in [1.54, 1.807) is 12.1 Å². The van der Waals surface area contributed by atoms with Crippen LogP contribution in [0.2, 0.25) is 0 Å². The summed E-state index contributed by atoms with van der Waals surface area (Å²) in [4.78, 5) is 11.5. The Kier molecular flexibility index (Phi) is 4.85. The molecule has 0 saturated carbocycles. The fourth-order valence-electron chi connectivity index (χ4n) is 3.17. The maximum Gasteiger partial charge on any atom is 0.321 e. The summed E-state index contributed by atoms with van der Waals surface area (Å²) < 4.78 is 27.9. The summed E-state index contributed by atoms with van der Waals surface area (Å²) in [5.74, 6) is -0.581. The van der Waals surface area contributed by atoms with Gasteiger partial charge < -0.3 is 5.11 Å². The number of carboxylic acid groups (broad SMARTS) is 1. The molecule has 24 heavy (non-hydrogen) atoms. The number of hydrogen-bond donors (Lipinski definition) is 2. The Morgan fingerprint density at radius 3 is 2.62 bits per heavy atom. The second kappa shape index (κ2) is 6.74. The van der Waals surface area contributed by atoms with Gasteiger partial charge in [-0.25, -0.2) is 8.42 Å². The molecule has 2 aromatic carbocycles. The highest BCUT2D eigenvalue weighted by Gasteiger charge is 2.27. The maximum absolute atomic E-state index is 12.8. The number of hydrogen-bond acceptors (Lipinski definition) is 4. The van der Waals surface area contributed by atoms with Crippen LogP contribution in [0, 0.1) is 0 Å². The van der Waals surface area contributed by atoms with Crippen LogP contribution >= 0.6 is 11.8 Å². The van der Waals surface area contributed by atoms with E-state index >= 15 is 0 Å². The molecule has 0 spiro atoms. The van der Waals surface area contributed by atoms with Crippen molar-refractivity contribution in [3.63, 3.8) is 0 Å². The highest BCUT2D eigenvalue weighted by Crippen LogP contribution is 2.34. The Labute approximate surface area is 145 Å². The molecule has 0 fully saturated rings. The number of carboxylic acids is 1. The highest BCUT2D eigenvalue weighted by atomic mass is 32.2. The summed E-state index contributed by atoms with van der Waals surface area (Å²) in [6.45, 7) is 0. The summed E-state index contributed by atoms with van der Waals surface area (Å²) in [5, 5.41) is 11.0. The van der Waals surface area contributed by atoms with Crippen molar-refractivity contribution in [2.75, 3.05) is 12.0 Å². The van der Waals surface area contributed by atoms with Gasteiger partial charge in [0.15, 0.2) is 0 Å². The first-order chi connectivity index (χ1) is 11.4. The third-order valence-corrected chi connectivity index (χ3v) is 6.51. The van der Waals surface area contributed by atoms with E-state index < -0.39 is 22.0 Å². The zero-order chi connectivity index (χ0) is 17.3. The smallest absolute Gasteiger partial charge is 0.321 e. The second-order valence-electron chi connectivity index (χ2n) is 5.86. The summed E-state index contributed by atoms with van der Waals surface area (Å²) in [6.07, 6.45) is 3.93. The van der Waals surface area contributed by atoms with Crippen molar-refractivity contribution >= 4 is 38.5 Å². The van der Waals surface area contributed by atoms with Crippen molar-refractivity contribution in [3.8, 4) is 0 Å². The average molecular weight is 365 g/mol. The average Bonchev–Trinajstić information content (AvgIpc) is 2.96. The number of thioether (sulfide) groups is 1. The van der Waals surface area contributed by atoms with Gasteiger partial charge in [0.2, 0.25) is 10.0 Å². The topological polar surface area (TPSA) is 83.5 Å². The molecule has 0 bridgehead atoms. The standard InChI is InChI=1S/C17H19NO4S2/c1-23-10-9-14(17(19)20)18-24(21,22)15-8-7-12-6-5-11-3-2-4-13(15)16(11)12/h2-4,7-8,14,18H,5-6,9-10H2,1H3,(H,19,20)/t14-/m0/s1. The molecule has 3 rings (SSSR count). The maximum atomic E-state index is 12.8. The van der Waals surface area contributed by atoms with Crippen LogP contribution in [0.15, 0.2) is 35.2 Å². The predicted octanol–water partition coefficient (Wildman–Crippen LogP) is 2.42. The molecule has 1 atom stereocenters. The van der Waals surface area contributed by atoms with Crippen LogP contribution < -0.4 is 4.72 Å². The minimum Gasteiger partial charge on any atom is -0.480 e. The fraction of sp³-hybridized carbons (Fsp3) is 0.353. The molecular weight excluding hydrogens is 346 g/mol. The SMILES string of the molecule is CSCC[C@H](NS(=O)(=O)c1ccc2c3c(cccc13)CC2)C(=O)O. The van der Waals surface area contributed by atoms with E-state index in [1.165, 1.54) is 11.8 Å². The van der Waals surface area contributed by atoms with Crippen LogP contribution in [0.3, 0.4) is 0 Å². The van der Waals surface area contributed by atoms with Crippen molar-refractivity contribution in [1.82, 2.24) is 4.72 Å². The molecule has 1 aliphatic rings. The molecule has 7 heteroatoms. The van der Waals surface area contributed by atoms with Crippen molar-refractivity contribution in [1.29, 1.82) is 0 Å². The molecule has 0 unspecified atom stereocenters. The summed E-state index contributed by atoms with van der Waals surface area (Å²) in [7, 11) is -3.91. The van der Waals surface area contributed by atoms with Gasteiger partial charge in [-0.3, -0.25) is 4.79 Å². The Balaban J connectivity index is 2.02. The fourth-order valence-corrected chi connectivity index (χ4v) is 5.07. The van der Waals surface area contributed by atoms with Gasteiger partial charge >= 0.3 is 5.97 Å². The van der Waals surface area contributed by atoms with Gasteiger partial charge in [0.1, 0.15) is 6.04 Å². The molecule has 0 heterocycles. The Hall–Kier alpha value is -1.57. The number of rotatable bonds is 7. The van der Waals surface area contributed by atoms with Gasteiger partial charge in [-0.05, 0) is 53.9 Å². The molecule has 0 saturated heterocycles. The molecule has 5 nitrogen and oxygen atoms in total. The van der Waals surface area contributed by atoms with Gasteiger partial charge in [0.05, 0.1) is 4.90 Å². The van der Waals surface area contributed by atoms with E-state index in [0.717, 1.165) is 29.4 Å². The molecule has 1 aliphatic carbocycles. The predicted molar refractivity (Wildman–Crippen MR) is 96.1 cm³/mol. The lowest BCUT2D eigenvalue weighted by molar-refractivity contribution is -0.139. The first-order valence-electron chi connectivity index (χ1n) is 7.71. The molecule has 0 radical (unpaired) electrons. The van der Waals surface area contributed by atoms with Crippen LogP contribution in [0.25, 0.3) is 10.8 Å². The van der Waals surface area contributed by atoms with Gasteiger partial charge in [0.25, 0.3) is 0 Å². The number of aliphatic carboxylic acids is 1. The third-order valence-electron chi connectivity index (χ3n) is 4.33. The minimum absolute atomic E-state index is 0.153. The lowest BCUT2D eigenvalue weighted by Gasteiger charge is -2.16. The van der Waals surface area contributed by atoms with E-state index in [4.69, 9.17) is 0 Å². The normalized spacial score (nSPS) is 14.9. The summed E-state index contributed by atoms with van der Waals surface area (Å²) >= 11 is 1.49. The van der Waals surface area contributed by atoms with Crippen LogP contribution in [-0.4, -0.2) is 37.5 Å². The number of sulfonamides is 1. The van der Waals surface area contributed by atoms with Crippen molar-refractivity contribution in [3.05, 3.63) is 41.5 Å². The first kappa shape index (κ1) is 17.3. The monoisotopic (exact) mass is 365 g/mol. The lowest BCUT2D eigenvalue weighted by atomic mass is 10.1. The van der Waals surface area contributed by atoms with Crippen LogP contribution in [0.4, 0.5) is 0 Å². The van der Waals surface area contributed by atoms with E-state index in [9.17, 15) is 18.3 Å². The largest absolute Gasteiger partial charge is 0.480 e. The summed E-state index contributed by atoms with van der Waals surface area (Å²) in [6, 6.07) is 7.97. The third kappa shape index (κ3) is 3.16. The molecule has 0 aromatic heterocycles. The number of aryl methyl sites for hydroxylation is 2. The minimum atomic E-state index is -3.91. The van der Waals surface area contributed by atoms with Crippen molar-refractivity contribution in [2.45, 2.75) is 30.2 Å². The number of benzene rings is 2. The molecule has 2 aromatic rings. The number of carbonyl (C=O) groups is 1. The van der Waals surface area contributed by atoms with Crippen molar-refractivity contribution < 1.29 is 18.3 Å². The van der Waals surface area contributed by atoms with Gasteiger partial charge in [0, 0.05) is 5.39 Å². The molecular formula is C17H19NO4S2. The Morgan fingerprint density at radius 2 is 1.96 bits per heavy atom. The Morgan fingerprint density at radius 1 is 1.25 bits per heavy atom. The Bertz CT molecular complexity index is 883. The van der Waals surface area contributed by atoms with E-state index in [0.29, 0.717) is 11.1 Å². The lowest BCUT2D eigenvalue weighted by Crippen LogP contribution is -2.41. The molecule has 128 valence electrons. The van der Waals surface area contributed by atoms with Crippen molar-refractivity contribution in [2.24, 2.45) is 0 Å². The van der Waals surface area contributed by atoms with E-state index in [2.05, 4.69) is 4.72 Å².